The van der Waals surface area contributed by atoms with Gasteiger partial charge in [-0.15, -0.1) is 0 Å². The second-order valence-corrected chi connectivity index (χ2v) is 5.89. The van der Waals surface area contributed by atoms with Crippen molar-refractivity contribution < 1.29 is 4.79 Å². The molecule has 2 unspecified atom stereocenters. The first kappa shape index (κ1) is 13.9. The highest BCUT2D eigenvalue weighted by atomic mass is 16.1. The van der Waals surface area contributed by atoms with Crippen LogP contribution in [0.5, 0.6) is 0 Å². The van der Waals surface area contributed by atoms with Gasteiger partial charge in [0, 0.05) is 12.2 Å². The Morgan fingerprint density at radius 2 is 2.21 bits per heavy atom. The van der Waals surface area contributed by atoms with Crippen LogP contribution in [0.2, 0.25) is 0 Å². The molecule has 0 saturated heterocycles. The number of carbonyl (C=O) groups is 1. The minimum absolute atomic E-state index is 0.0335. The van der Waals surface area contributed by atoms with E-state index in [1.54, 1.807) is 6.07 Å². The van der Waals surface area contributed by atoms with Crippen LogP contribution < -0.4 is 11.1 Å². The molecule has 3 nitrogen and oxygen atoms in total. The normalized spacial score (nSPS) is 23.1. The molecule has 0 spiro atoms. The summed E-state index contributed by atoms with van der Waals surface area (Å²) in [5.74, 6) is 1.38. The second-order valence-electron chi connectivity index (χ2n) is 5.89. The molecular formula is C16H24N2O. The third-order valence-electron chi connectivity index (χ3n) is 4.13. The molecule has 3 heteroatoms. The average Bonchev–Trinajstić information content (AvgIpc) is 2.36. The molecular weight excluding hydrogens is 236 g/mol. The molecule has 1 aromatic carbocycles. The number of rotatable bonds is 3. The number of anilines is 1. The van der Waals surface area contributed by atoms with E-state index in [1.165, 1.54) is 25.7 Å². The van der Waals surface area contributed by atoms with Gasteiger partial charge in [-0.1, -0.05) is 31.9 Å². The minimum atomic E-state index is -0.0335. The zero-order chi connectivity index (χ0) is 13.8. The fraction of sp³-hybridized carbons (Fsp3) is 0.562. The summed E-state index contributed by atoms with van der Waals surface area (Å²) in [5, 5.41) is 3.05. The summed E-state index contributed by atoms with van der Waals surface area (Å²) >= 11 is 0. The van der Waals surface area contributed by atoms with E-state index in [2.05, 4.69) is 12.2 Å². The molecule has 1 aromatic rings. The lowest BCUT2D eigenvalue weighted by molar-refractivity contribution is 0.0941. The zero-order valence-corrected chi connectivity index (χ0v) is 11.9. The van der Waals surface area contributed by atoms with Crippen molar-refractivity contribution in [3.8, 4) is 0 Å². The van der Waals surface area contributed by atoms with E-state index in [9.17, 15) is 4.79 Å². The van der Waals surface area contributed by atoms with Gasteiger partial charge in [-0.2, -0.15) is 0 Å². The van der Waals surface area contributed by atoms with E-state index in [0.717, 1.165) is 18.0 Å². The van der Waals surface area contributed by atoms with Gasteiger partial charge in [-0.05, 0) is 43.2 Å². The summed E-state index contributed by atoms with van der Waals surface area (Å²) in [6.45, 7) is 5.00. The molecule has 0 bridgehead atoms. The lowest BCUT2D eigenvalue weighted by atomic mass is 9.82. The molecule has 2 atom stereocenters. The molecule has 2 rings (SSSR count). The van der Waals surface area contributed by atoms with Crippen molar-refractivity contribution in [1.29, 1.82) is 0 Å². The Labute approximate surface area is 115 Å². The Morgan fingerprint density at radius 1 is 1.42 bits per heavy atom. The first-order valence-electron chi connectivity index (χ1n) is 7.21. The highest BCUT2D eigenvalue weighted by Crippen LogP contribution is 2.28. The predicted octanol–water partition coefficient (Wildman–Crippen LogP) is 3.13. The van der Waals surface area contributed by atoms with Crippen molar-refractivity contribution >= 4 is 11.6 Å². The Bertz CT molecular complexity index is 436. The summed E-state index contributed by atoms with van der Waals surface area (Å²) in [5.41, 5.74) is 8.03. The molecule has 1 fully saturated rings. The predicted molar refractivity (Wildman–Crippen MR) is 79.0 cm³/mol. The van der Waals surface area contributed by atoms with Gasteiger partial charge in [-0.25, -0.2) is 0 Å². The van der Waals surface area contributed by atoms with Crippen molar-refractivity contribution in [2.75, 3.05) is 12.3 Å². The van der Waals surface area contributed by atoms with Crippen LogP contribution in [0.1, 0.15) is 48.5 Å². The Hall–Kier alpha value is -1.51. The molecule has 0 aliphatic heterocycles. The molecule has 0 heterocycles. The van der Waals surface area contributed by atoms with Crippen molar-refractivity contribution in [3.63, 3.8) is 0 Å². The number of hydrogen-bond donors (Lipinski definition) is 2. The maximum atomic E-state index is 12.2. The van der Waals surface area contributed by atoms with Gasteiger partial charge in [0.25, 0.3) is 5.91 Å². The lowest BCUT2D eigenvalue weighted by Crippen LogP contribution is -2.32. The third-order valence-corrected chi connectivity index (χ3v) is 4.13. The number of carbonyl (C=O) groups excluding carboxylic acids is 1. The quantitative estimate of drug-likeness (QED) is 0.820. The van der Waals surface area contributed by atoms with Crippen LogP contribution in [-0.4, -0.2) is 12.5 Å². The number of amides is 1. The van der Waals surface area contributed by atoms with Crippen molar-refractivity contribution in [2.24, 2.45) is 11.8 Å². The molecule has 1 saturated carbocycles. The Balaban J connectivity index is 1.94. The first-order chi connectivity index (χ1) is 9.08. The van der Waals surface area contributed by atoms with Crippen LogP contribution in [0.4, 0.5) is 5.69 Å². The number of benzene rings is 1. The highest BCUT2D eigenvalue weighted by Gasteiger charge is 2.20. The summed E-state index contributed by atoms with van der Waals surface area (Å²) < 4.78 is 0. The molecule has 3 N–H and O–H groups in total. The standard InChI is InChI=1S/C16H24N2O/c1-11-5-3-7-13(9-11)10-18-16(19)15-12(2)6-4-8-14(15)17/h4,6,8,11,13H,3,5,7,9-10,17H2,1-2H3,(H,18,19). The molecule has 19 heavy (non-hydrogen) atoms. The van der Waals surface area contributed by atoms with Gasteiger partial charge < -0.3 is 11.1 Å². The number of hydrogen-bond acceptors (Lipinski definition) is 2. The third kappa shape index (κ3) is 3.49. The van der Waals surface area contributed by atoms with E-state index in [0.29, 0.717) is 17.2 Å². The highest BCUT2D eigenvalue weighted by molar-refractivity contribution is 6.00. The molecule has 1 aliphatic rings. The zero-order valence-electron chi connectivity index (χ0n) is 11.9. The number of nitrogens with two attached hydrogens (primary N) is 1. The number of nitrogens with one attached hydrogen (secondary N) is 1. The van der Waals surface area contributed by atoms with Crippen LogP contribution in [0.3, 0.4) is 0 Å². The number of aryl methyl sites for hydroxylation is 1. The van der Waals surface area contributed by atoms with Crippen LogP contribution in [0.15, 0.2) is 18.2 Å². The molecule has 104 valence electrons. The van der Waals surface area contributed by atoms with Crippen LogP contribution in [0, 0.1) is 18.8 Å². The summed E-state index contributed by atoms with van der Waals surface area (Å²) in [4.78, 5) is 12.2. The first-order valence-corrected chi connectivity index (χ1v) is 7.21. The maximum absolute atomic E-state index is 12.2. The Kier molecular flexibility index (Phi) is 4.46. The monoisotopic (exact) mass is 260 g/mol. The van der Waals surface area contributed by atoms with Gasteiger partial charge in [0.2, 0.25) is 0 Å². The van der Waals surface area contributed by atoms with Gasteiger partial charge >= 0.3 is 0 Å². The van der Waals surface area contributed by atoms with Crippen molar-refractivity contribution in [2.45, 2.75) is 39.5 Å². The topological polar surface area (TPSA) is 55.1 Å². The van der Waals surface area contributed by atoms with Gasteiger partial charge in [0.1, 0.15) is 0 Å². The van der Waals surface area contributed by atoms with E-state index in [-0.39, 0.29) is 5.91 Å². The Morgan fingerprint density at radius 3 is 2.89 bits per heavy atom. The van der Waals surface area contributed by atoms with E-state index in [4.69, 9.17) is 5.73 Å². The molecule has 1 amide bonds. The largest absolute Gasteiger partial charge is 0.398 e. The molecule has 1 aliphatic carbocycles. The van der Waals surface area contributed by atoms with E-state index in [1.807, 2.05) is 19.1 Å². The molecule has 0 radical (unpaired) electrons. The molecule has 0 aromatic heterocycles. The number of nitrogen functional groups attached to an aromatic ring is 1. The summed E-state index contributed by atoms with van der Waals surface area (Å²) in [6.07, 6.45) is 5.07. The summed E-state index contributed by atoms with van der Waals surface area (Å²) in [7, 11) is 0. The van der Waals surface area contributed by atoms with E-state index < -0.39 is 0 Å². The van der Waals surface area contributed by atoms with Crippen molar-refractivity contribution in [1.82, 2.24) is 5.32 Å². The smallest absolute Gasteiger partial charge is 0.253 e. The van der Waals surface area contributed by atoms with E-state index >= 15 is 0 Å². The van der Waals surface area contributed by atoms with Gasteiger partial charge in [-0.3, -0.25) is 4.79 Å². The van der Waals surface area contributed by atoms with Gasteiger partial charge in [0.05, 0.1) is 5.56 Å². The van der Waals surface area contributed by atoms with Gasteiger partial charge in [0.15, 0.2) is 0 Å². The fourth-order valence-corrected chi connectivity index (χ4v) is 3.07. The lowest BCUT2D eigenvalue weighted by Gasteiger charge is -2.26. The average molecular weight is 260 g/mol. The second kappa shape index (κ2) is 6.09. The fourth-order valence-electron chi connectivity index (χ4n) is 3.07. The SMILES string of the molecule is Cc1cccc(N)c1C(=O)NCC1CCCC(C)C1. The van der Waals surface area contributed by atoms with Crippen LogP contribution >= 0.6 is 0 Å². The van der Waals surface area contributed by atoms with Crippen LogP contribution in [0.25, 0.3) is 0 Å². The van der Waals surface area contributed by atoms with Crippen LogP contribution in [-0.2, 0) is 0 Å². The van der Waals surface area contributed by atoms with Crippen molar-refractivity contribution in [3.05, 3.63) is 29.3 Å². The maximum Gasteiger partial charge on any atom is 0.253 e. The minimum Gasteiger partial charge on any atom is -0.398 e. The summed E-state index contributed by atoms with van der Waals surface area (Å²) in [6, 6.07) is 5.59.